The van der Waals surface area contributed by atoms with Gasteiger partial charge in [0.2, 0.25) is 21.8 Å². The number of sulfonamides is 1. The molecular formula is C17H25N3O4S. The van der Waals surface area contributed by atoms with E-state index in [0.717, 1.165) is 5.56 Å². The zero-order chi connectivity index (χ0) is 18.8. The van der Waals surface area contributed by atoms with Crippen LogP contribution in [0.15, 0.2) is 29.2 Å². The van der Waals surface area contributed by atoms with Gasteiger partial charge in [-0.25, -0.2) is 8.42 Å². The molecule has 1 aromatic carbocycles. The first-order valence-corrected chi connectivity index (χ1v) is 9.76. The molecule has 2 N–H and O–H groups in total. The molecule has 8 heteroatoms. The molecular weight excluding hydrogens is 342 g/mol. The van der Waals surface area contributed by atoms with Crippen LogP contribution in [0.1, 0.15) is 32.3 Å². The Morgan fingerprint density at radius 3 is 2.40 bits per heavy atom. The van der Waals surface area contributed by atoms with Gasteiger partial charge < -0.3 is 10.6 Å². The summed E-state index contributed by atoms with van der Waals surface area (Å²) in [5.41, 5.74) is 6.19. The predicted octanol–water partition coefficient (Wildman–Crippen LogP) is 0.870. The third kappa shape index (κ3) is 4.19. The number of carbonyl (C=O) groups is 2. The molecule has 0 bridgehead atoms. The van der Waals surface area contributed by atoms with Gasteiger partial charge in [-0.3, -0.25) is 9.59 Å². The summed E-state index contributed by atoms with van der Waals surface area (Å²) >= 11 is 0. The number of hydrogen-bond acceptors (Lipinski definition) is 4. The van der Waals surface area contributed by atoms with Crippen molar-refractivity contribution in [2.45, 2.75) is 50.6 Å². The van der Waals surface area contributed by atoms with E-state index >= 15 is 0 Å². The van der Waals surface area contributed by atoms with Crippen molar-refractivity contribution in [3.63, 3.8) is 0 Å². The van der Waals surface area contributed by atoms with Gasteiger partial charge in [0.05, 0.1) is 11.4 Å². The number of primary amides is 1. The Morgan fingerprint density at radius 1 is 1.28 bits per heavy atom. The quantitative estimate of drug-likeness (QED) is 0.806. The highest BCUT2D eigenvalue weighted by molar-refractivity contribution is 7.89. The van der Waals surface area contributed by atoms with E-state index in [1.165, 1.54) is 9.21 Å². The third-order valence-electron chi connectivity index (χ3n) is 4.35. The molecule has 138 valence electrons. The lowest BCUT2D eigenvalue weighted by atomic mass is 10.1. The molecule has 1 aliphatic heterocycles. The van der Waals surface area contributed by atoms with E-state index in [4.69, 9.17) is 5.73 Å². The standard InChI is InChI=1S/C17H25N3O4S/c1-12(2)19(11-16(18)21)17(22)15-5-4-10-20(15)25(23,24)14-8-6-13(3)7-9-14/h6-9,12,15H,4-5,10-11H2,1-3H3,(H2,18,21)/t15-/m0/s1. The maximum absolute atomic E-state index is 12.9. The predicted molar refractivity (Wildman–Crippen MR) is 94.1 cm³/mol. The summed E-state index contributed by atoms with van der Waals surface area (Å²) in [6, 6.07) is 5.51. The summed E-state index contributed by atoms with van der Waals surface area (Å²) < 4.78 is 27.1. The van der Waals surface area contributed by atoms with Crippen LogP contribution in [-0.2, 0) is 19.6 Å². The smallest absolute Gasteiger partial charge is 0.243 e. The average Bonchev–Trinajstić information content (AvgIpc) is 3.02. The van der Waals surface area contributed by atoms with E-state index in [1.54, 1.807) is 38.1 Å². The van der Waals surface area contributed by atoms with E-state index in [-0.39, 0.29) is 29.9 Å². The third-order valence-corrected chi connectivity index (χ3v) is 6.27. The summed E-state index contributed by atoms with van der Waals surface area (Å²) in [5, 5.41) is 0. The summed E-state index contributed by atoms with van der Waals surface area (Å²) in [4.78, 5) is 25.7. The molecule has 7 nitrogen and oxygen atoms in total. The van der Waals surface area contributed by atoms with Crippen LogP contribution in [0.25, 0.3) is 0 Å². The molecule has 25 heavy (non-hydrogen) atoms. The van der Waals surface area contributed by atoms with E-state index in [1.807, 2.05) is 6.92 Å². The van der Waals surface area contributed by atoms with Gasteiger partial charge in [0.15, 0.2) is 0 Å². The van der Waals surface area contributed by atoms with Gasteiger partial charge in [0.25, 0.3) is 0 Å². The minimum atomic E-state index is -3.77. The van der Waals surface area contributed by atoms with Crippen LogP contribution in [0.3, 0.4) is 0 Å². The van der Waals surface area contributed by atoms with Crippen LogP contribution in [0.4, 0.5) is 0 Å². The molecule has 1 heterocycles. The Balaban J connectivity index is 2.30. The van der Waals surface area contributed by atoms with Crippen molar-refractivity contribution in [1.82, 2.24) is 9.21 Å². The first-order chi connectivity index (χ1) is 11.6. The lowest BCUT2D eigenvalue weighted by Crippen LogP contribution is -2.52. The molecule has 0 aromatic heterocycles. The Hall–Kier alpha value is -1.93. The molecule has 1 aromatic rings. The minimum absolute atomic E-state index is 0.170. The second-order valence-corrected chi connectivity index (χ2v) is 8.50. The minimum Gasteiger partial charge on any atom is -0.368 e. The van der Waals surface area contributed by atoms with Gasteiger partial charge in [-0.05, 0) is 45.7 Å². The molecule has 0 unspecified atom stereocenters. The number of nitrogens with zero attached hydrogens (tertiary/aromatic N) is 2. The van der Waals surface area contributed by atoms with Crippen molar-refractivity contribution in [3.8, 4) is 0 Å². The summed E-state index contributed by atoms with van der Waals surface area (Å²) in [5.74, 6) is -0.991. The molecule has 1 fully saturated rings. The molecule has 2 amide bonds. The van der Waals surface area contributed by atoms with Crippen LogP contribution in [-0.4, -0.2) is 54.6 Å². The second kappa shape index (κ2) is 7.53. The van der Waals surface area contributed by atoms with Crippen molar-refractivity contribution in [2.75, 3.05) is 13.1 Å². The summed E-state index contributed by atoms with van der Waals surface area (Å²) in [7, 11) is -3.77. The fraction of sp³-hybridized carbons (Fsp3) is 0.529. The zero-order valence-electron chi connectivity index (χ0n) is 14.8. The van der Waals surface area contributed by atoms with Crippen LogP contribution >= 0.6 is 0 Å². The fourth-order valence-corrected chi connectivity index (χ4v) is 4.65. The first kappa shape index (κ1) is 19.4. The highest BCUT2D eigenvalue weighted by atomic mass is 32.2. The Kier molecular flexibility index (Phi) is 5.84. The van der Waals surface area contributed by atoms with Gasteiger partial charge in [-0.1, -0.05) is 17.7 Å². The molecule has 0 radical (unpaired) electrons. The molecule has 2 rings (SSSR count). The fourth-order valence-electron chi connectivity index (χ4n) is 2.99. The number of carbonyl (C=O) groups excluding carboxylic acids is 2. The number of benzene rings is 1. The van der Waals surface area contributed by atoms with Crippen molar-refractivity contribution in [3.05, 3.63) is 29.8 Å². The summed E-state index contributed by atoms with van der Waals surface area (Å²) in [6.45, 7) is 5.49. The lowest BCUT2D eigenvalue weighted by molar-refractivity contribution is -0.139. The highest BCUT2D eigenvalue weighted by Gasteiger charge is 2.41. The molecule has 1 aliphatic rings. The molecule has 0 saturated carbocycles. The van der Waals surface area contributed by atoms with Gasteiger partial charge in [-0.15, -0.1) is 0 Å². The molecule has 1 atom stereocenters. The van der Waals surface area contributed by atoms with Crippen LogP contribution in [0.2, 0.25) is 0 Å². The molecule has 0 spiro atoms. The average molecular weight is 367 g/mol. The van der Waals surface area contributed by atoms with E-state index in [9.17, 15) is 18.0 Å². The van der Waals surface area contributed by atoms with Gasteiger partial charge in [0.1, 0.15) is 6.04 Å². The monoisotopic (exact) mass is 367 g/mol. The number of amides is 2. The van der Waals surface area contributed by atoms with E-state index < -0.39 is 22.0 Å². The largest absolute Gasteiger partial charge is 0.368 e. The number of nitrogens with two attached hydrogens (primary N) is 1. The molecule has 1 saturated heterocycles. The lowest BCUT2D eigenvalue weighted by Gasteiger charge is -2.31. The van der Waals surface area contributed by atoms with Gasteiger partial charge in [-0.2, -0.15) is 4.31 Å². The highest BCUT2D eigenvalue weighted by Crippen LogP contribution is 2.28. The maximum atomic E-state index is 12.9. The van der Waals surface area contributed by atoms with Crippen LogP contribution in [0.5, 0.6) is 0 Å². The normalized spacial score (nSPS) is 18.5. The summed E-state index contributed by atoms with van der Waals surface area (Å²) in [6.07, 6.45) is 1.04. The maximum Gasteiger partial charge on any atom is 0.243 e. The number of aryl methyl sites for hydroxylation is 1. The molecule has 0 aliphatic carbocycles. The Morgan fingerprint density at radius 2 is 1.88 bits per heavy atom. The number of hydrogen-bond donors (Lipinski definition) is 1. The van der Waals surface area contributed by atoms with E-state index in [2.05, 4.69) is 0 Å². The van der Waals surface area contributed by atoms with Crippen molar-refractivity contribution in [2.24, 2.45) is 5.73 Å². The zero-order valence-corrected chi connectivity index (χ0v) is 15.6. The van der Waals surface area contributed by atoms with Crippen LogP contribution in [0, 0.1) is 6.92 Å². The second-order valence-electron chi connectivity index (χ2n) is 6.61. The first-order valence-electron chi connectivity index (χ1n) is 8.32. The van der Waals surface area contributed by atoms with E-state index in [0.29, 0.717) is 12.8 Å². The SMILES string of the molecule is Cc1ccc(S(=O)(=O)N2CCC[C@H]2C(=O)N(CC(N)=O)C(C)C)cc1. The Labute approximate surface area is 148 Å². The Bertz CT molecular complexity index is 744. The topological polar surface area (TPSA) is 101 Å². The van der Waals surface area contributed by atoms with Crippen LogP contribution < -0.4 is 5.73 Å². The van der Waals surface area contributed by atoms with Crippen molar-refractivity contribution < 1.29 is 18.0 Å². The van der Waals surface area contributed by atoms with Crippen molar-refractivity contribution in [1.29, 1.82) is 0 Å². The van der Waals surface area contributed by atoms with Gasteiger partial charge >= 0.3 is 0 Å². The van der Waals surface area contributed by atoms with Crippen molar-refractivity contribution >= 4 is 21.8 Å². The number of rotatable bonds is 6. The van der Waals surface area contributed by atoms with Gasteiger partial charge in [0, 0.05) is 12.6 Å².